The lowest BCUT2D eigenvalue weighted by Gasteiger charge is -2.24. The fourth-order valence-corrected chi connectivity index (χ4v) is 4.22. The smallest absolute Gasteiger partial charge is 0.304 e. The molecule has 0 amide bonds. The van der Waals surface area contributed by atoms with Crippen LogP contribution in [-0.4, -0.2) is 15.6 Å². The molecule has 1 atom stereocenters. The second-order valence-corrected chi connectivity index (χ2v) is 6.91. The molecule has 0 saturated carbocycles. The number of aliphatic carboxylic acids is 1. The number of nitrogens with zero attached hydrogens (tertiary/aromatic N) is 1. The molecule has 1 aromatic heterocycles. The van der Waals surface area contributed by atoms with E-state index in [0.29, 0.717) is 23.9 Å². The molecule has 5 heteroatoms. The molecule has 0 fully saturated rings. The van der Waals surface area contributed by atoms with Gasteiger partial charge in [0, 0.05) is 29.6 Å². The predicted octanol–water partition coefficient (Wildman–Crippen LogP) is 4.86. The number of rotatable bonds is 4. The molecule has 1 aliphatic rings. The number of fused-ring (bicyclic) bond motifs is 3. The Kier molecular flexibility index (Phi) is 4.23. The second-order valence-electron chi connectivity index (χ2n) is 6.91. The monoisotopic (exact) mass is 355 g/mol. The Morgan fingerprint density at radius 2 is 1.96 bits per heavy atom. The van der Waals surface area contributed by atoms with Crippen molar-refractivity contribution in [2.24, 2.45) is 0 Å². The summed E-state index contributed by atoms with van der Waals surface area (Å²) in [5, 5.41) is 9.87. The molecule has 2 aromatic carbocycles. The lowest BCUT2D eigenvalue weighted by atomic mass is 9.84. The third-order valence-corrected chi connectivity index (χ3v) is 5.19. The predicted molar refractivity (Wildman–Crippen MR) is 95.3 cm³/mol. The average molecular weight is 355 g/mol. The van der Waals surface area contributed by atoms with Crippen LogP contribution in [0.1, 0.15) is 42.0 Å². The molecule has 1 N–H and O–H groups in total. The topological polar surface area (TPSA) is 42.2 Å². The molecule has 134 valence electrons. The molecule has 0 saturated heterocycles. The van der Waals surface area contributed by atoms with Crippen LogP contribution in [0.3, 0.4) is 0 Å². The van der Waals surface area contributed by atoms with Gasteiger partial charge in [-0.1, -0.05) is 30.3 Å². The van der Waals surface area contributed by atoms with Gasteiger partial charge in [0.15, 0.2) is 0 Å². The first-order valence-corrected chi connectivity index (χ1v) is 8.80. The molecule has 3 aromatic rings. The summed E-state index contributed by atoms with van der Waals surface area (Å²) in [4.78, 5) is 11.3. The molecule has 0 radical (unpaired) electrons. The molecule has 26 heavy (non-hydrogen) atoms. The van der Waals surface area contributed by atoms with Crippen LogP contribution in [0.15, 0.2) is 42.5 Å². The first kappa shape index (κ1) is 16.8. The van der Waals surface area contributed by atoms with Gasteiger partial charge in [-0.05, 0) is 36.5 Å². The van der Waals surface area contributed by atoms with Gasteiger partial charge < -0.3 is 9.67 Å². The third-order valence-electron chi connectivity index (χ3n) is 5.19. The summed E-state index contributed by atoms with van der Waals surface area (Å²) < 4.78 is 30.4. The zero-order valence-corrected chi connectivity index (χ0v) is 14.2. The van der Waals surface area contributed by atoms with Crippen molar-refractivity contribution in [1.82, 2.24) is 4.57 Å². The number of hydrogen-bond donors (Lipinski definition) is 1. The molecular weight excluding hydrogens is 336 g/mol. The molecule has 3 nitrogen and oxygen atoms in total. The summed E-state index contributed by atoms with van der Waals surface area (Å²) in [7, 11) is 0. The van der Waals surface area contributed by atoms with Gasteiger partial charge in [0.2, 0.25) is 0 Å². The van der Waals surface area contributed by atoms with E-state index >= 15 is 0 Å². The Morgan fingerprint density at radius 3 is 2.69 bits per heavy atom. The third kappa shape index (κ3) is 2.87. The summed E-state index contributed by atoms with van der Waals surface area (Å²) in [6, 6.07) is 11.9. The average Bonchev–Trinajstić information content (AvgIpc) is 2.90. The fourth-order valence-electron chi connectivity index (χ4n) is 4.22. The normalized spacial score (nSPS) is 16.6. The highest BCUT2D eigenvalue weighted by Gasteiger charge is 2.30. The van der Waals surface area contributed by atoms with Gasteiger partial charge in [-0.2, -0.15) is 0 Å². The molecule has 0 aliphatic heterocycles. The minimum absolute atomic E-state index is 0.00220. The Hall–Kier alpha value is -2.69. The number of benzene rings is 2. The van der Waals surface area contributed by atoms with Crippen molar-refractivity contribution in [2.45, 2.75) is 38.1 Å². The van der Waals surface area contributed by atoms with Crippen LogP contribution >= 0.6 is 0 Å². The van der Waals surface area contributed by atoms with Gasteiger partial charge in [0.05, 0.1) is 11.9 Å². The number of hydrogen-bond acceptors (Lipinski definition) is 1. The van der Waals surface area contributed by atoms with Crippen molar-refractivity contribution in [3.05, 3.63) is 70.9 Å². The molecule has 0 unspecified atom stereocenters. The van der Waals surface area contributed by atoms with E-state index in [1.807, 2.05) is 34.9 Å². The maximum Gasteiger partial charge on any atom is 0.304 e. The minimum atomic E-state index is -0.869. The Labute approximate surface area is 149 Å². The van der Waals surface area contributed by atoms with Crippen LogP contribution in [0, 0.1) is 11.6 Å². The van der Waals surface area contributed by atoms with Crippen LogP contribution in [0.25, 0.3) is 10.9 Å². The Morgan fingerprint density at radius 1 is 1.19 bits per heavy atom. The van der Waals surface area contributed by atoms with Gasteiger partial charge in [-0.3, -0.25) is 4.79 Å². The first-order valence-electron chi connectivity index (χ1n) is 8.80. The van der Waals surface area contributed by atoms with Crippen LogP contribution < -0.4 is 0 Å². The SMILES string of the molecule is O=C(O)C[C@@H]1CCCc2c1n(Cc1ccccc1)c1c(F)cc(F)cc21. The molecule has 1 aliphatic carbocycles. The molecule has 1 heterocycles. The number of carboxylic acid groups (broad SMARTS) is 1. The zero-order valence-electron chi connectivity index (χ0n) is 14.2. The van der Waals surface area contributed by atoms with Crippen molar-refractivity contribution in [1.29, 1.82) is 0 Å². The van der Waals surface area contributed by atoms with E-state index in [9.17, 15) is 18.7 Å². The second kappa shape index (κ2) is 6.56. The minimum Gasteiger partial charge on any atom is -0.481 e. The van der Waals surface area contributed by atoms with E-state index < -0.39 is 17.6 Å². The Bertz CT molecular complexity index is 979. The number of aromatic nitrogens is 1. The van der Waals surface area contributed by atoms with Crippen LogP contribution in [0.4, 0.5) is 8.78 Å². The van der Waals surface area contributed by atoms with E-state index in [1.165, 1.54) is 6.07 Å². The lowest BCUT2D eigenvalue weighted by Crippen LogP contribution is -2.17. The summed E-state index contributed by atoms with van der Waals surface area (Å²) in [6.45, 7) is 0.436. The molecule has 0 bridgehead atoms. The standard InChI is InChI=1S/C21H19F2NO2/c22-15-10-17-16-8-4-7-14(9-19(25)26)20(16)24(21(17)18(23)11-15)12-13-5-2-1-3-6-13/h1-3,5-6,10-11,14H,4,7-9,12H2,(H,25,26)/t14-/m0/s1. The molecule has 4 rings (SSSR count). The first-order chi connectivity index (χ1) is 12.5. The highest BCUT2D eigenvalue weighted by atomic mass is 19.1. The van der Waals surface area contributed by atoms with Crippen molar-refractivity contribution in [3.8, 4) is 0 Å². The Balaban J connectivity index is 1.96. The molecular formula is C21H19F2NO2. The highest BCUT2D eigenvalue weighted by Crippen LogP contribution is 2.41. The van der Waals surface area contributed by atoms with Gasteiger partial charge in [0.1, 0.15) is 11.6 Å². The quantitative estimate of drug-likeness (QED) is 0.726. The maximum absolute atomic E-state index is 14.7. The lowest BCUT2D eigenvalue weighted by molar-refractivity contribution is -0.137. The maximum atomic E-state index is 14.7. The van der Waals surface area contributed by atoms with E-state index in [4.69, 9.17) is 0 Å². The van der Waals surface area contributed by atoms with Gasteiger partial charge >= 0.3 is 5.97 Å². The van der Waals surface area contributed by atoms with Crippen LogP contribution in [-0.2, 0) is 17.8 Å². The van der Waals surface area contributed by atoms with Crippen LogP contribution in [0.5, 0.6) is 0 Å². The van der Waals surface area contributed by atoms with E-state index in [0.717, 1.165) is 35.7 Å². The fraction of sp³-hybridized carbons (Fsp3) is 0.286. The van der Waals surface area contributed by atoms with E-state index in [-0.39, 0.29) is 12.3 Å². The largest absolute Gasteiger partial charge is 0.481 e. The van der Waals surface area contributed by atoms with Gasteiger partial charge in [-0.25, -0.2) is 8.78 Å². The summed E-state index contributed by atoms with van der Waals surface area (Å²) >= 11 is 0. The van der Waals surface area contributed by atoms with Crippen molar-refractivity contribution in [3.63, 3.8) is 0 Å². The number of halogens is 2. The van der Waals surface area contributed by atoms with Gasteiger partial charge in [0.25, 0.3) is 0 Å². The summed E-state index contributed by atoms with van der Waals surface area (Å²) in [5.74, 6) is -2.25. The van der Waals surface area contributed by atoms with Gasteiger partial charge in [-0.15, -0.1) is 0 Å². The number of aryl methyl sites for hydroxylation is 1. The van der Waals surface area contributed by atoms with E-state index in [1.54, 1.807) is 0 Å². The van der Waals surface area contributed by atoms with Crippen molar-refractivity contribution in [2.75, 3.05) is 0 Å². The van der Waals surface area contributed by atoms with Crippen LogP contribution in [0.2, 0.25) is 0 Å². The van der Waals surface area contributed by atoms with E-state index in [2.05, 4.69) is 0 Å². The summed E-state index contributed by atoms with van der Waals surface area (Å²) in [6.07, 6.45) is 2.29. The number of carbonyl (C=O) groups is 1. The zero-order chi connectivity index (χ0) is 18.3. The highest BCUT2D eigenvalue weighted by molar-refractivity contribution is 5.87. The summed E-state index contributed by atoms with van der Waals surface area (Å²) in [5.41, 5.74) is 3.11. The molecule has 0 spiro atoms. The van der Waals surface area contributed by atoms with Crippen molar-refractivity contribution < 1.29 is 18.7 Å². The number of carboxylic acids is 1. The van der Waals surface area contributed by atoms with Crippen molar-refractivity contribution >= 4 is 16.9 Å².